The molecule has 6 nitrogen and oxygen atoms in total. The second-order valence-corrected chi connectivity index (χ2v) is 6.46. The Morgan fingerprint density at radius 2 is 2.17 bits per heavy atom. The summed E-state index contributed by atoms with van der Waals surface area (Å²) in [6.07, 6.45) is 3.31. The number of aryl methyl sites for hydroxylation is 1. The molecule has 1 heterocycles. The van der Waals surface area contributed by atoms with Gasteiger partial charge in [0.2, 0.25) is 0 Å². The zero-order chi connectivity index (χ0) is 17.9. The first kappa shape index (κ1) is 17.9. The van der Waals surface area contributed by atoms with Crippen LogP contribution >= 0.6 is 0 Å². The summed E-state index contributed by atoms with van der Waals surface area (Å²) < 4.78 is 16.0. The van der Waals surface area contributed by atoms with Gasteiger partial charge in [0.25, 0.3) is 0 Å². The van der Waals surface area contributed by atoms with E-state index in [-0.39, 0.29) is 24.9 Å². The molecule has 24 heavy (non-hydrogen) atoms. The second kappa shape index (κ2) is 7.00. The molecule has 130 valence electrons. The molecule has 0 aliphatic carbocycles. The molecule has 0 atom stereocenters. The van der Waals surface area contributed by atoms with Crippen LogP contribution in [0.25, 0.3) is 5.69 Å². The van der Waals surface area contributed by atoms with Crippen molar-refractivity contribution < 1.29 is 14.3 Å². The van der Waals surface area contributed by atoms with Crippen molar-refractivity contribution in [3.8, 4) is 5.69 Å². The van der Waals surface area contributed by atoms with Gasteiger partial charge in [-0.1, -0.05) is 6.07 Å². The highest BCUT2D eigenvalue weighted by Gasteiger charge is 2.19. The molecule has 0 saturated carbocycles. The van der Waals surface area contributed by atoms with Crippen molar-refractivity contribution in [3.05, 3.63) is 47.8 Å². The molecule has 0 fully saturated rings. The van der Waals surface area contributed by atoms with Crippen LogP contribution in [0.4, 0.5) is 9.18 Å². The number of aliphatic hydroxyl groups is 1. The van der Waals surface area contributed by atoms with E-state index in [1.54, 1.807) is 56.9 Å². The third-order valence-electron chi connectivity index (χ3n) is 3.51. The average Bonchev–Trinajstić information content (AvgIpc) is 2.89. The number of amides is 2. The Kier molecular flexibility index (Phi) is 5.23. The minimum atomic E-state index is -0.970. The van der Waals surface area contributed by atoms with Crippen LogP contribution in [-0.2, 0) is 6.54 Å². The monoisotopic (exact) mass is 334 g/mol. The molecule has 0 radical (unpaired) electrons. The molecule has 2 amide bonds. The predicted molar refractivity (Wildman–Crippen MR) is 89.4 cm³/mol. The highest BCUT2D eigenvalue weighted by atomic mass is 19.1. The molecular formula is C17H23FN4O2. The molecular weight excluding hydrogens is 311 g/mol. The van der Waals surface area contributed by atoms with Gasteiger partial charge < -0.3 is 19.9 Å². The molecule has 0 aliphatic rings. The summed E-state index contributed by atoms with van der Waals surface area (Å²) in [6.45, 7) is 5.46. The van der Waals surface area contributed by atoms with Crippen LogP contribution < -0.4 is 5.32 Å². The number of imidazole rings is 1. The highest BCUT2D eigenvalue weighted by Crippen LogP contribution is 2.16. The third-order valence-corrected chi connectivity index (χ3v) is 3.51. The van der Waals surface area contributed by atoms with Crippen LogP contribution in [0.5, 0.6) is 0 Å². The summed E-state index contributed by atoms with van der Waals surface area (Å²) in [5.41, 5.74) is 0.0981. The summed E-state index contributed by atoms with van der Waals surface area (Å²) in [4.78, 5) is 17.4. The number of rotatable bonds is 5. The van der Waals surface area contributed by atoms with Crippen molar-refractivity contribution in [3.63, 3.8) is 0 Å². The van der Waals surface area contributed by atoms with Crippen LogP contribution in [0.1, 0.15) is 25.2 Å². The van der Waals surface area contributed by atoms with Gasteiger partial charge in [-0.15, -0.1) is 0 Å². The molecule has 0 aliphatic heterocycles. The SMILES string of the molecule is Cc1nccn1-c1ccc(CNC(=O)N(C)CC(C)(C)O)cc1F. The number of likely N-dealkylation sites (N-methyl/N-ethyl adjacent to an activating group) is 1. The summed E-state index contributed by atoms with van der Waals surface area (Å²) >= 11 is 0. The first-order valence-electron chi connectivity index (χ1n) is 7.67. The number of urea groups is 1. The van der Waals surface area contributed by atoms with Gasteiger partial charge in [0.05, 0.1) is 17.8 Å². The van der Waals surface area contributed by atoms with Crippen LogP contribution in [0.3, 0.4) is 0 Å². The molecule has 7 heteroatoms. The zero-order valence-corrected chi connectivity index (χ0v) is 14.4. The second-order valence-electron chi connectivity index (χ2n) is 6.46. The minimum Gasteiger partial charge on any atom is -0.389 e. The maximum absolute atomic E-state index is 14.3. The van der Waals surface area contributed by atoms with Gasteiger partial charge in [-0.2, -0.15) is 0 Å². The lowest BCUT2D eigenvalue weighted by Crippen LogP contribution is -2.44. The number of nitrogens with one attached hydrogen (secondary N) is 1. The van der Waals surface area contributed by atoms with Crippen molar-refractivity contribution in [1.29, 1.82) is 0 Å². The van der Waals surface area contributed by atoms with Gasteiger partial charge in [-0.3, -0.25) is 0 Å². The smallest absolute Gasteiger partial charge is 0.317 e. The van der Waals surface area contributed by atoms with E-state index < -0.39 is 5.60 Å². The lowest BCUT2D eigenvalue weighted by molar-refractivity contribution is 0.0531. The van der Waals surface area contributed by atoms with E-state index in [2.05, 4.69) is 10.3 Å². The van der Waals surface area contributed by atoms with Gasteiger partial charge in [0.15, 0.2) is 0 Å². The Bertz CT molecular complexity index is 722. The summed E-state index contributed by atoms with van der Waals surface area (Å²) in [5.74, 6) is 0.316. The van der Waals surface area contributed by atoms with Crippen molar-refractivity contribution in [2.24, 2.45) is 0 Å². The summed E-state index contributed by atoms with van der Waals surface area (Å²) in [6, 6.07) is 4.48. The van der Waals surface area contributed by atoms with Gasteiger partial charge in [0, 0.05) is 26.0 Å². The summed E-state index contributed by atoms with van der Waals surface area (Å²) in [7, 11) is 1.60. The first-order valence-corrected chi connectivity index (χ1v) is 7.67. The van der Waals surface area contributed by atoms with Crippen molar-refractivity contribution in [2.45, 2.75) is 32.9 Å². The van der Waals surface area contributed by atoms with Gasteiger partial charge >= 0.3 is 6.03 Å². The van der Waals surface area contributed by atoms with Crippen molar-refractivity contribution in [1.82, 2.24) is 19.8 Å². The topological polar surface area (TPSA) is 70.4 Å². The van der Waals surface area contributed by atoms with Crippen LogP contribution in [0.15, 0.2) is 30.6 Å². The number of carbonyl (C=O) groups is 1. The molecule has 1 aromatic heterocycles. The molecule has 0 saturated heterocycles. The van der Waals surface area contributed by atoms with E-state index in [9.17, 15) is 14.3 Å². The fourth-order valence-corrected chi connectivity index (χ4v) is 2.45. The number of hydrogen-bond acceptors (Lipinski definition) is 3. The Labute approximate surface area is 140 Å². The normalized spacial score (nSPS) is 11.4. The molecule has 0 unspecified atom stereocenters. The van der Waals surface area contributed by atoms with E-state index in [1.165, 1.54) is 11.0 Å². The van der Waals surface area contributed by atoms with E-state index >= 15 is 0 Å². The fourth-order valence-electron chi connectivity index (χ4n) is 2.45. The summed E-state index contributed by atoms with van der Waals surface area (Å²) in [5, 5.41) is 12.4. The largest absolute Gasteiger partial charge is 0.389 e. The van der Waals surface area contributed by atoms with Crippen LogP contribution in [0.2, 0.25) is 0 Å². The Morgan fingerprint density at radius 3 is 2.71 bits per heavy atom. The maximum Gasteiger partial charge on any atom is 0.317 e. The van der Waals surface area contributed by atoms with Gasteiger partial charge in [-0.25, -0.2) is 14.2 Å². The Morgan fingerprint density at radius 1 is 1.46 bits per heavy atom. The van der Waals surface area contributed by atoms with Gasteiger partial charge in [-0.05, 0) is 38.5 Å². The molecule has 1 aromatic carbocycles. The standard InChI is InChI=1S/C17H23FN4O2/c1-12-19-7-8-22(12)15-6-5-13(9-14(15)18)10-20-16(23)21(4)11-17(2,3)24/h5-9,24H,10-11H2,1-4H3,(H,20,23). The fraction of sp³-hybridized carbons (Fsp3) is 0.412. The molecule has 0 bridgehead atoms. The van der Waals surface area contributed by atoms with E-state index in [4.69, 9.17) is 0 Å². The number of carbonyl (C=O) groups excluding carboxylic acids is 1. The molecule has 2 aromatic rings. The number of aromatic nitrogens is 2. The van der Waals surface area contributed by atoms with E-state index in [1.807, 2.05) is 0 Å². The number of nitrogens with zero attached hydrogens (tertiary/aromatic N) is 3. The maximum atomic E-state index is 14.3. The molecule has 2 rings (SSSR count). The quantitative estimate of drug-likeness (QED) is 0.881. The average molecular weight is 334 g/mol. The Balaban J connectivity index is 2.00. The number of hydrogen-bond donors (Lipinski definition) is 2. The van der Waals surface area contributed by atoms with E-state index in [0.29, 0.717) is 17.1 Å². The first-order chi connectivity index (χ1) is 11.2. The highest BCUT2D eigenvalue weighted by molar-refractivity contribution is 5.73. The Hall–Kier alpha value is -2.41. The van der Waals surface area contributed by atoms with Crippen LogP contribution in [0, 0.1) is 12.7 Å². The lowest BCUT2D eigenvalue weighted by Gasteiger charge is -2.25. The number of halogens is 1. The minimum absolute atomic E-state index is 0.200. The third kappa shape index (κ3) is 4.55. The number of benzene rings is 1. The molecule has 2 N–H and O–H groups in total. The predicted octanol–water partition coefficient (Wildman–Crippen LogP) is 2.23. The lowest BCUT2D eigenvalue weighted by atomic mass is 10.1. The van der Waals surface area contributed by atoms with Crippen molar-refractivity contribution >= 4 is 6.03 Å². The van der Waals surface area contributed by atoms with Crippen LogP contribution in [-0.4, -0.2) is 44.8 Å². The van der Waals surface area contributed by atoms with E-state index in [0.717, 1.165) is 0 Å². The zero-order valence-electron chi connectivity index (χ0n) is 14.4. The van der Waals surface area contributed by atoms with Crippen molar-refractivity contribution in [2.75, 3.05) is 13.6 Å². The van der Waals surface area contributed by atoms with Gasteiger partial charge in [0.1, 0.15) is 11.6 Å². The molecule has 0 spiro atoms.